The SMILES string of the molecule is C=CCN(CC=C)C(=O)C=C1Sc2ccc(Cl)cc2NC1=O. The summed E-state index contributed by atoms with van der Waals surface area (Å²) in [5.41, 5.74) is 0.654. The number of halogens is 1. The number of nitrogens with zero attached hydrogens (tertiary/aromatic N) is 1. The second-order valence-corrected chi connectivity index (χ2v) is 6.05. The third-order valence-corrected chi connectivity index (χ3v) is 4.23. The van der Waals surface area contributed by atoms with Crippen LogP contribution in [-0.4, -0.2) is 29.8 Å². The number of rotatable bonds is 5. The predicted molar refractivity (Wildman–Crippen MR) is 91.0 cm³/mol. The van der Waals surface area contributed by atoms with Crippen LogP contribution in [0, 0.1) is 0 Å². The average Bonchev–Trinajstić information content (AvgIpc) is 2.48. The van der Waals surface area contributed by atoms with E-state index in [1.165, 1.54) is 22.7 Å². The number of hydrogen-bond acceptors (Lipinski definition) is 3. The van der Waals surface area contributed by atoms with E-state index in [4.69, 9.17) is 11.6 Å². The molecule has 0 saturated carbocycles. The van der Waals surface area contributed by atoms with Crippen LogP contribution in [0.4, 0.5) is 5.69 Å². The molecule has 1 N–H and O–H groups in total. The van der Waals surface area contributed by atoms with Gasteiger partial charge in [-0.25, -0.2) is 0 Å². The molecule has 0 aromatic heterocycles. The Bertz CT molecular complexity index is 660. The molecule has 0 unspecified atom stereocenters. The maximum absolute atomic E-state index is 12.2. The van der Waals surface area contributed by atoms with Gasteiger partial charge in [0.1, 0.15) is 0 Å². The summed E-state index contributed by atoms with van der Waals surface area (Å²) >= 11 is 7.15. The van der Waals surface area contributed by atoms with Crippen molar-refractivity contribution in [3.8, 4) is 0 Å². The molecule has 0 saturated heterocycles. The lowest BCUT2D eigenvalue weighted by molar-refractivity contribution is -0.125. The summed E-state index contributed by atoms with van der Waals surface area (Å²) in [6, 6.07) is 5.24. The van der Waals surface area contributed by atoms with Crippen LogP contribution < -0.4 is 5.32 Å². The van der Waals surface area contributed by atoms with Crippen LogP contribution >= 0.6 is 23.4 Å². The Labute approximate surface area is 138 Å². The fourth-order valence-electron chi connectivity index (χ4n) is 1.90. The molecule has 4 nitrogen and oxygen atoms in total. The highest BCUT2D eigenvalue weighted by molar-refractivity contribution is 8.04. The number of anilines is 1. The van der Waals surface area contributed by atoms with Gasteiger partial charge in [-0.05, 0) is 18.2 Å². The molecule has 0 bridgehead atoms. The van der Waals surface area contributed by atoms with Gasteiger partial charge in [0, 0.05) is 29.1 Å². The zero-order valence-corrected chi connectivity index (χ0v) is 13.4. The first-order valence-electron chi connectivity index (χ1n) is 6.56. The van der Waals surface area contributed by atoms with Gasteiger partial charge >= 0.3 is 0 Å². The molecule has 0 spiro atoms. The number of amides is 2. The van der Waals surface area contributed by atoms with E-state index in [9.17, 15) is 9.59 Å². The van der Waals surface area contributed by atoms with E-state index in [1.54, 1.807) is 24.3 Å². The van der Waals surface area contributed by atoms with E-state index in [-0.39, 0.29) is 11.8 Å². The summed E-state index contributed by atoms with van der Waals surface area (Å²) in [6.45, 7) is 8.03. The third-order valence-electron chi connectivity index (χ3n) is 2.90. The highest BCUT2D eigenvalue weighted by Gasteiger charge is 2.23. The van der Waals surface area contributed by atoms with Crippen molar-refractivity contribution in [1.29, 1.82) is 0 Å². The van der Waals surface area contributed by atoms with Crippen molar-refractivity contribution in [2.45, 2.75) is 4.90 Å². The van der Waals surface area contributed by atoms with Gasteiger partial charge in [0.05, 0.1) is 10.6 Å². The quantitative estimate of drug-likeness (QED) is 0.662. The van der Waals surface area contributed by atoms with Crippen molar-refractivity contribution >= 4 is 40.9 Å². The molecule has 1 aromatic rings. The zero-order valence-electron chi connectivity index (χ0n) is 11.8. The van der Waals surface area contributed by atoms with Crippen molar-refractivity contribution in [2.24, 2.45) is 0 Å². The maximum Gasteiger partial charge on any atom is 0.262 e. The Morgan fingerprint density at radius 2 is 2.00 bits per heavy atom. The molecule has 6 heteroatoms. The van der Waals surface area contributed by atoms with Crippen LogP contribution in [0.3, 0.4) is 0 Å². The van der Waals surface area contributed by atoms with Gasteiger partial charge < -0.3 is 10.2 Å². The summed E-state index contributed by atoms with van der Waals surface area (Å²) in [7, 11) is 0. The molecule has 1 aliphatic rings. The predicted octanol–water partition coefficient (Wildman–Crippen LogP) is 3.47. The molecule has 0 aliphatic carbocycles. The molecule has 0 atom stereocenters. The third kappa shape index (κ3) is 3.81. The lowest BCUT2D eigenvalue weighted by atomic mass is 10.3. The minimum absolute atomic E-state index is 0.255. The number of thioether (sulfide) groups is 1. The number of benzene rings is 1. The van der Waals surface area contributed by atoms with Crippen molar-refractivity contribution in [3.05, 3.63) is 59.5 Å². The average molecular weight is 335 g/mol. The van der Waals surface area contributed by atoms with Crippen molar-refractivity contribution < 1.29 is 9.59 Å². The number of nitrogens with one attached hydrogen (secondary N) is 1. The molecule has 22 heavy (non-hydrogen) atoms. The van der Waals surface area contributed by atoms with E-state index in [1.807, 2.05) is 6.07 Å². The van der Waals surface area contributed by atoms with Crippen molar-refractivity contribution in [1.82, 2.24) is 4.90 Å². The number of carbonyl (C=O) groups excluding carboxylic acids is 2. The molecule has 1 aliphatic heterocycles. The lowest BCUT2D eigenvalue weighted by Gasteiger charge is -2.21. The summed E-state index contributed by atoms with van der Waals surface area (Å²) in [5.74, 6) is -0.569. The standard InChI is InChI=1S/C16H15ClN2O2S/c1-3-7-19(8-4-2)15(20)10-14-16(21)18-12-9-11(17)5-6-13(12)22-14/h3-6,9-10H,1-2,7-8H2,(H,18,21). The van der Waals surface area contributed by atoms with Crippen LogP contribution in [0.2, 0.25) is 5.02 Å². The van der Waals surface area contributed by atoms with Crippen LogP contribution in [-0.2, 0) is 9.59 Å². The number of carbonyl (C=O) groups is 2. The first-order valence-corrected chi connectivity index (χ1v) is 7.75. The Balaban J connectivity index is 2.23. The molecular weight excluding hydrogens is 320 g/mol. The van der Waals surface area contributed by atoms with E-state index in [0.29, 0.717) is 28.7 Å². The molecule has 2 amide bonds. The minimum atomic E-state index is -0.315. The second kappa shape index (κ2) is 7.33. The van der Waals surface area contributed by atoms with Gasteiger partial charge in [0.25, 0.3) is 5.91 Å². The second-order valence-electron chi connectivity index (χ2n) is 4.53. The van der Waals surface area contributed by atoms with Gasteiger partial charge in [0.2, 0.25) is 5.91 Å². The summed E-state index contributed by atoms with van der Waals surface area (Å²) in [6.07, 6.45) is 4.60. The molecule has 0 radical (unpaired) electrons. The van der Waals surface area contributed by atoms with E-state index in [2.05, 4.69) is 18.5 Å². The Kier molecular flexibility index (Phi) is 5.46. The van der Waals surface area contributed by atoms with Crippen LogP contribution in [0.5, 0.6) is 0 Å². The largest absolute Gasteiger partial charge is 0.332 e. The summed E-state index contributed by atoms with van der Waals surface area (Å²) < 4.78 is 0. The molecular formula is C16H15ClN2O2S. The molecule has 0 fully saturated rings. The van der Waals surface area contributed by atoms with Crippen molar-refractivity contribution in [3.63, 3.8) is 0 Å². The number of fused-ring (bicyclic) bond motifs is 1. The molecule has 2 rings (SSSR count). The topological polar surface area (TPSA) is 49.4 Å². The maximum atomic E-state index is 12.2. The Hall–Kier alpha value is -1.98. The minimum Gasteiger partial charge on any atom is -0.332 e. The number of hydrogen-bond donors (Lipinski definition) is 1. The molecule has 1 aromatic carbocycles. The highest BCUT2D eigenvalue weighted by atomic mass is 35.5. The van der Waals surface area contributed by atoms with E-state index < -0.39 is 0 Å². The summed E-state index contributed by atoms with van der Waals surface area (Å²) in [4.78, 5) is 27.1. The van der Waals surface area contributed by atoms with Gasteiger partial charge in [-0.3, -0.25) is 9.59 Å². The lowest BCUT2D eigenvalue weighted by Crippen LogP contribution is -2.30. The molecule has 114 valence electrons. The first-order chi connectivity index (χ1) is 10.5. The van der Waals surface area contributed by atoms with Gasteiger partial charge in [-0.2, -0.15) is 0 Å². The summed E-state index contributed by atoms with van der Waals surface area (Å²) in [5, 5.41) is 3.28. The van der Waals surface area contributed by atoms with Gasteiger partial charge in [-0.15, -0.1) is 13.2 Å². The van der Waals surface area contributed by atoms with Gasteiger partial charge in [0.15, 0.2) is 0 Å². The van der Waals surface area contributed by atoms with E-state index >= 15 is 0 Å². The first kappa shape index (κ1) is 16.4. The smallest absolute Gasteiger partial charge is 0.262 e. The van der Waals surface area contributed by atoms with Crippen molar-refractivity contribution in [2.75, 3.05) is 18.4 Å². The Morgan fingerprint density at radius 1 is 1.32 bits per heavy atom. The van der Waals surface area contributed by atoms with Crippen LogP contribution in [0.25, 0.3) is 0 Å². The fraction of sp³-hybridized carbons (Fsp3) is 0.125. The Morgan fingerprint density at radius 3 is 2.64 bits per heavy atom. The zero-order chi connectivity index (χ0) is 16.1. The molecule has 1 heterocycles. The normalized spacial score (nSPS) is 15.0. The monoisotopic (exact) mass is 334 g/mol. The highest BCUT2D eigenvalue weighted by Crippen LogP contribution is 2.39. The van der Waals surface area contributed by atoms with Crippen LogP contribution in [0.15, 0.2) is 59.4 Å². The van der Waals surface area contributed by atoms with Gasteiger partial charge in [-0.1, -0.05) is 35.5 Å². The fourth-order valence-corrected chi connectivity index (χ4v) is 2.97. The van der Waals surface area contributed by atoms with E-state index in [0.717, 1.165) is 4.90 Å². The van der Waals surface area contributed by atoms with Crippen LogP contribution in [0.1, 0.15) is 0 Å².